The maximum atomic E-state index is 13.7. The summed E-state index contributed by atoms with van der Waals surface area (Å²) in [6.07, 6.45) is 1.66. The molecule has 3 heterocycles. The largest absolute Gasteiger partial charge is 0.465 e. The van der Waals surface area contributed by atoms with Crippen LogP contribution in [-0.2, 0) is 14.3 Å². The fourth-order valence-corrected chi connectivity index (χ4v) is 5.40. The van der Waals surface area contributed by atoms with Crippen LogP contribution in [-0.4, -0.2) is 30.2 Å². The van der Waals surface area contributed by atoms with Crippen molar-refractivity contribution in [3.05, 3.63) is 115 Å². The molecule has 192 valence electrons. The Balaban J connectivity index is 1.59. The summed E-state index contributed by atoms with van der Waals surface area (Å²) in [6, 6.07) is 19.1. The second-order valence-electron chi connectivity index (χ2n) is 8.49. The van der Waals surface area contributed by atoms with Crippen LogP contribution >= 0.6 is 11.3 Å². The molecule has 0 amide bonds. The Hall–Kier alpha value is -4.50. The Bertz CT molecular complexity index is 1740. The number of rotatable bonds is 6. The van der Waals surface area contributed by atoms with Crippen molar-refractivity contribution in [3.8, 4) is 11.3 Å². The zero-order valence-corrected chi connectivity index (χ0v) is 21.8. The van der Waals surface area contributed by atoms with Crippen LogP contribution in [0.5, 0.6) is 0 Å². The van der Waals surface area contributed by atoms with Crippen molar-refractivity contribution < 1.29 is 23.5 Å². The third-order valence-corrected chi connectivity index (χ3v) is 7.08. The topological polar surface area (TPSA) is 100 Å². The lowest BCUT2D eigenvalue weighted by Crippen LogP contribution is -2.39. The second kappa shape index (κ2) is 10.5. The first-order valence-corrected chi connectivity index (χ1v) is 12.8. The van der Waals surface area contributed by atoms with E-state index in [0.717, 1.165) is 5.56 Å². The van der Waals surface area contributed by atoms with Crippen LogP contribution in [0.15, 0.2) is 92.2 Å². The van der Waals surface area contributed by atoms with E-state index in [0.29, 0.717) is 43.3 Å². The SMILES string of the molecule is CCOC(=O)C1=C(C)N=c2s/c(=C/c3ccc(-c4cccc(C(=O)OC)c4)o3)c(=O)n2[C@@H]1c1ccccc1. The van der Waals surface area contributed by atoms with Gasteiger partial charge in [0, 0.05) is 11.6 Å². The first-order valence-electron chi connectivity index (χ1n) is 11.9. The number of thiazole rings is 1. The molecule has 1 aliphatic rings. The molecule has 0 fully saturated rings. The third-order valence-electron chi connectivity index (χ3n) is 6.10. The van der Waals surface area contributed by atoms with Crippen molar-refractivity contribution in [2.75, 3.05) is 13.7 Å². The number of esters is 2. The maximum absolute atomic E-state index is 13.7. The van der Waals surface area contributed by atoms with E-state index in [9.17, 15) is 14.4 Å². The van der Waals surface area contributed by atoms with Crippen molar-refractivity contribution in [1.82, 2.24) is 4.57 Å². The first kappa shape index (κ1) is 25.2. The lowest BCUT2D eigenvalue weighted by Gasteiger charge is -2.24. The third kappa shape index (κ3) is 4.64. The summed E-state index contributed by atoms with van der Waals surface area (Å²) in [5, 5.41) is 0. The summed E-state index contributed by atoms with van der Waals surface area (Å²) in [4.78, 5) is 43.6. The lowest BCUT2D eigenvalue weighted by atomic mass is 9.96. The van der Waals surface area contributed by atoms with Crippen molar-refractivity contribution in [2.24, 2.45) is 4.99 Å². The van der Waals surface area contributed by atoms with Gasteiger partial charge < -0.3 is 13.9 Å². The van der Waals surface area contributed by atoms with E-state index in [1.165, 1.54) is 23.0 Å². The Kier molecular flexibility index (Phi) is 6.93. The molecule has 0 bridgehead atoms. The summed E-state index contributed by atoms with van der Waals surface area (Å²) in [5.74, 6) is 0.0654. The molecular formula is C29H24N2O6S. The van der Waals surface area contributed by atoms with Crippen LogP contribution in [0.25, 0.3) is 17.4 Å². The molecule has 8 nitrogen and oxygen atoms in total. The zero-order chi connectivity index (χ0) is 26.8. The number of allylic oxidation sites excluding steroid dienone is 1. The van der Waals surface area contributed by atoms with E-state index in [4.69, 9.17) is 13.9 Å². The summed E-state index contributed by atoms with van der Waals surface area (Å²) in [7, 11) is 1.33. The number of carbonyl (C=O) groups is 2. The summed E-state index contributed by atoms with van der Waals surface area (Å²) in [5.41, 5.74) is 2.45. The number of benzene rings is 2. The van der Waals surface area contributed by atoms with E-state index >= 15 is 0 Å². The van der Waals surface area contributed by atoms with Gasteiger partial charge in [0.15, 0.2) is 4.80 Å². The molecule has 5 rings (SSSR count). The number of fused-ring (bicyclic) bond motifs is 1. The normalized spacial score (nSPS) is 15.1. The Morgan fingerprint density at radius 3 is 2.61 bits per heavy atom. The molecular weight excluding hydrogens is 504 g/mol. The quantitative estimate of drug-likeness (QED) is 0.353. The molecule has 0 spiro atoms. The van der Waals surface area contributed by atoms with Gasteiger partial charge in [-0.1, -0.05) is 53.8 Å². The van der Waals surface area contributed by atoms with Gasteiger partial charge in [0.1, 0.15) is 11.5 Å². The highest BCUT2D eigenvalue weighted by atomic mass is 32.1. The van der Waals surface area contributed by atoms with Gasteiger partial charge in [-0.3, -0.25) is 9.36 Å². The molecule has 1 aliphatic heterocycles. The molecule has 4 aromatic rings. The van der Waals surface area contributed by atoms with E-state index in [1.54, 1.807) is 50.3 Å². The van der Waals surface area contributed by atoms with Crippen LogP contribution in [0.4, 0.5) is 0 Å². The average Bonchev–Trinajstić information content (AvgIpc) is 3.52. The fraction of sp³-hybridized carbons (Fsp3) is 0.172. The Morgan fingerprint density at radius 2 is 1.87 bits per heavy atom. The van der Waals surface area contributed by atoms with Gasteiger partial charge >= 0.3 is 11.9 Å². The van der Waals surface area contributed by atoms with Gasteiger partial charge in [-0.05, 0) is 43.7 Å². The summed E-state index contributed by atoms with van der Waals surface area (Å²) in [6.45, 7) is 3.70. The molecule has 9 heteroatoms. The van der Waals surface area contributed by atoms with Crippen LogP contribution in [0, 0.1) is 0 Å². The van der Waals surface area contributed by atoms with Crippen molar-refractivity contribution in [3.63, 3.8) is 0 Å². The minimum Gasteiger partial charge on any atom is -0.465 e. The lowest BCUT2D eigenvalue weighted by molar-refractivity contribution is -0.139. The minimum atomic E-state index is -0.665. The van der Waals surface area contributed by atoms with Crippen LogP contribution in [0.1, 0.15) is 41.6 Å². The predicted molar refractivity (Wildman–Crippen MR) is 142 cm³/mol. The van der Waals surface area contributed by atoms with Gasteiger partial charge in [-0.15, -0.1) is 0 Å². The monoisotopic (exact) mass is 528 g/mol. The van der Waals surface area contributed by atoms with Gasteiger partial charge in [0.25, 0.3) is 5.56 Å². The predicted octanol–water partition coefficient (Wildman–Crippen LogP) is 3.84. The molecule has 38 heavy (non-hydrogen) atoms. The smallest absolute Gasteiger partial charge is 0.338 e. The summed E-state index contributed by atoms with van der Waals surface area (Å²) < 4.78 is 18.0. The molecule has 2 aromatic carbocycles. The van der Waals surface area contributed by atoms with Gasteiger partial charge in [0.05, 0.1) is 41.1 Å². The number of hydrogen-bond donors (Lipinski definition) is 0. The molecule has 0 radical (unpaired) electrons. The molecule has 0 N–H and O–H groups in total. The molecule has 0 saturated carbocycles. The number of ether oxygens (including phenoxy) is 2. The Morgan fingerprint density at radius 1 is 1.08 bits per heavy atom. The molecule has 0 aliphatic carbocycles. The van der Waals surface area contributed by atoms with Gasteiger partial charge in [0.2, 0.25) is 0 Å². The number of hydrogen-bond acceptors (Lipinski definition) is 8. The number of aromatic nitrogens is 1. The van der Waals surface area contributed by atoms with E-state index in [2.05, 4.69) is 4.99 Å². The van der Waals surface area contributed by atoms with E-state index in [1.807, 2.05) is 36.4 Å². The highest BCUT2D eigenvalue weighted by Gasteiger charge is 2.33. The standard InChI is InChI=1S/C29H24N2O6S/c1-4-36-28(34)24-17(2)30-29-31(25(24)18-9-6-5-7-10-18)26(32)23(38-29)16-21-13-14-22(37-21)19-11-8-12-20(15-19)27(33)35-3/h5-16,25H,4H2,1-3H3/b23-16+/t25-/m1/s1. The molecule has 0 unspecified atom stereocenters. The highest BCUT2D eigenvalue weighted by Crippen LogP contribution is 2.30. The van der Waals surface area contributed by atoms with Crippen LogP contribution < -0.4 is 14.9 Å². The molecule has 0 saturated heterocycles. The minimum absolute atomic E-state index is 0.213. The van der Waals surface area contributed by atoms with E-state index < -0.39 is 18.0 Å². The fourth-order valence-electron chi connectivity index (χ4n) is 4.37. The Labute approximate surface area is 221 Å². The van der Waals surface area contributed by atoms with Crippen molar-refractivity contribution >= 4 is 29.4 Å². The zero-order valence-electron chi connectivity index (χ0n) is 21.0. The molecule has 2 aromatic heterocycles. The first-order chi connectivity index (χ1) is 18.4. The number of furan rings is 1. The van der Waals surface area contributed by atoms with Gasteiger partial charge in [-0.2, -0.15) is 0 Å². The second-order valence-corrected chi connectivity index (χ2v) is 9.50. The van der Waals surface area contributed by atoms with Crippen LogP contribution in [0.2, 0.25) is 0 Å². The number of methoxy groups -OCH3 is 1. The van der Waals surface area contributed by atoms with Gasteiger partial charge in [-0.25, -0.2) is 14.6 Å². The molecule has 1 atom stereocenters. The van der Waals surface area contributed by atoms with Crippen molar-refractivity contribution in [2.45, 2.75) is 19.9 Å². The average molecular weight is 529 g/mol. The van der Waals surface area contributed by atoms with E-state index in [-0.39, 0.29) is 12.2 Å². The van der Waals surface area contributed by atoms with Crippen molar-refractivity contribution in [1.29, 1.82) is 0 Å². The van der Waals surface area contributed by atoms with Crippen LogP contribution in [0.3, 0.4) is 0 Å². The number of nitrogens with zero attached hydrogens (tertiary/aromatic N) is 2. The number of carbonyl (C=O) groups excluding carboxylic acids is 2. The maximum Gasteiger partial charge on any atom is 0.338 e. The highest BCUT2D eigenvalue weighted by molar-refractivity contribution is 7.07. The summed E-state index contributed by atoms with van der Waals surface area (Å²) >= 11 is 1.22.